The zero-order valence-electron chi connectivity index (χ0n) is 11.2. The first kappa shape index (κ1) is 15.5. The Balaban J connectivity index is 1.88. The van der Waals surface area contributed by atoms with E-state index < -0.39 is 0 Å². The van der Waals surface area contributed by atoms with Crippen LogP contribution in [0.4, 0.5) is 0 Å². The van der Waals surface area contributed by atoms with Gasteiger partial charge in [-0.1, -0.05) is 15.9 Å². The molecule has 1 N–H and O–H groups in total. The Morgan fingerprint density at radius 1 is 1.35 bits per heavy atom. The van der Waals surface area contributed by atoms with Crippen LogP contribution in [0.1, 0.15) is 31.2 Å². The molecule has 0 unspecified atom stereocenters. The standard InChI is InChI=1S/C14H16Br2N2O2/c1-9-6-10(15)7-12(16)14(9)20-8-13(19)18-17-11-4-2-3-5-11/h6-7H,2-5,8H2,1H3,(H,18,19). The summed E-state index contributed by atoms with van der Waals surface area (Å²) in [6.45, 7) is 1.89. The molecule has 1 fully saturated rings. The van der Waals surface area contributed by atoms with E-state index in [2.05, 4.69) is 42.4 Å². The van der Waals surface area contributed by atoms with Crippen LogP contribution in [-0.4, -0.2) is 18.2 Å². The summed E-state index contributed by atoms with van der Waals surface area (Å²) in [5, 5.41) is 4.11. The van der Waals surface area contributed by atoms with Gasteiger partial charge in [0.1, 0.15) is 5.75 Å². The highest BCUT2D eigenvalue weighted by molar-refractivity contribution is 9.11. The van der Waals surface area contributed by atoms with Crippen molar-refractivity contribution in [3.05, 3.63) is 26.6 Å². The summed E-state index contributed by atoms with van der Waals surface area (Å²) in [6.07, 6.45) is 4.30. The number of carbonyl (C=O) groups excluding carboxylic acids is 1. The Kier molecular flexibility index (Phi) is 5.60. The van der Waals surface area contributed by atoms with E-state index in [0.29, 0.717) is 5.75 Å². The number of ether oxygens (including phenoxy) is 1. The van der Waals surface area contributed by atoms with Gasteiger partial charge >= 0.3 is 0 Å². The predicted molar refractivity (Wildman–Crippen MR) is 86.1 cm³/mol. The molecule has 1 aliphatic carbocycles. The van der Waals surface area contributed by atoms with Crippen LogP contribution in [0.5, 0.6) is 5.75 Å². The van der Waals surface area contributed by atoms with Crippen LogP contribution >= 0.6 is 31.9 Å². The first-order valence-electron chi connectivity index (χ1n) is 6.49. The highest BCUT2D eigenvalue weighted by Gasteiger charge is 2.11. The molecular weight excluding hydrogens is 388 g/mol. The van der Waals surface area contributed by atoms with Crippen molar-refractivity contribution < 1.29 is 9.53 Å². The van der Waals surface area contributed by atoms with Crippen molar-refractivity contribution >= 4 is 43.5 Å². The fourth-order valence-electron chi connectivity index (χ4n) is 2.08. The van der Waals surface area contributed by atoms with Gasteiger partial charge in [-0.15, -0.1) is 0 Å². The second-order valence-corrected chi connectivity index (χ2v) is 6.51. The second-order valence-electron chi connectivity index (χ2n) is 4.74. The Morgan fingerprint density at radius 3 is 2.70 bits per heavy atom. The van der Waals surface area contributed by atoms with Crippen LogP contribution in [0.2, 0.25) is 0 Å². The van der Waals surface area contributed by atoms with Gasteiger partial charge < -0.3 is 4.74 Å². The fraction of sp³-hybridized carbons (Fsp3) is 0.429. The quantitative estimate of drug-likeness (QED) is 0.774. The third-order valence-electron chi connectivity index (χ3n) is 3.06. The molecule has 1 aliphatic rings. The van der Waals surface area contributed by atoms with Crippen LogP contribution in [0, 0.1) is 6.92 Å². The minimum atomic E-state index is -0.237. The molecule has 0 spiro atoms. The lowest BCUT2D eigenvalue weighted by Crippen LogP contribution is -2.25. The largest absolute Gasteiger partial charge is 0.482 e. The maximum absolute atomic E-state index is 11.7. The van der Waals surface area contributed by atoms with Gasteiger partial charge in [-0.05, 0) is 66.2 Å². The number of hydrazone groups is 1. The summed E-state index contributed by atoms with van der Waals surface area (Å²) < 4.78 is 7.33. The van der Waals surface area contributed by atoms with E-state index in [9.17, 15) is 4.79 Å². The van der Waals surface area contributed by atoms with Gasteiger partial charge in [0.25, 0.3) is 5.91 Å². The molecule has 0 saturated heterocycles. The molecule has 6 heteroatoms. The van der Waals surface area contributed by atoms with Gasteiger partial charge in [0.15, 0.2) is 6.61 Å². The maximum atomic E-state index is 11.7. The van der Waals surface area contributed by atoms with Crippen molar-refractivity contribution in [1.82, 2.24) is 5.43 Å². The zero-order valence-corrected chi connectivity index (χ0v) is 14.4. The normalized spacial score (nSPS) is 14.2. The van der Waals surface area contributed by atoms with E-state index in [-0.39, 0.29) is 12.5 Å². The Morgan fingerprint density at radius 2 is 2.05 bits per heavy atom. The molecule has 1 aromatic rings. The third-order valence-corrected chi connectivity index (χ3v) is 4.11. The second kappa shape index (κ2) is 7.22. The molecular formula is C14H16Br2N2O2. The number of nitrogens with one attached hydrogen (secondary N) is 1. The van der Waals surface area contributed by atoms with Gasteiger partial charge in [-0.2, -0.15) is 5.10 Å². The highest BCUT2D eigenvalue weighted by atomic mass is 79.9. The smallest absolute Gasteiger partial charge is 0.277 e. The van der Waals surface area contributed by atoms with E-state index in [0.717, 1.165) is 45.9 Å². The molecule has 1 amide bonds. The van der Waals surface area contributed by atoms with E-state index in [1.54, 1.807) is 0 Å². The van der Waals surface area contributed by atoms with E-state index >= 15 is 0 Å². The number of benzene rings is 1. The monoisotopic (exact) mass is 402 g/mol. The average molecular weight is 404 g/mol. The highest BCUT2D eigenvalue weighted by Crippen LogP contribution is 2.32. The zero-order chi connectivity index (χ0) is 14.5. The van der Waals surface area contributed by atoms with E-state index in [4.69, 9.17) is 4.74 Å². The summed E-state index contributed by atoms with van der Waals surface area (Å²) in [4.78, 5) is 11.7. The van der Waals surface area contributed by atoms with Crippen molar-refractivity contribution in [3.63, 3.8) is 0 Å². The van der Waals surface area contributed by atoms with Gasteiger partial charge in [-0.25, -0.2) is 5.43 Å². The molecule has 108 valence electrons. The first-order valence-corrected chi connectivity index (χ1v) is 8.07. The van der Waals surface area contributed by atoms with Crippen LogP contribution in [0.15, 0.2) is 26.2 Å². The lowest BCUT2D eigenvalue weighted by molar-refractivity contribution is -0.123. The molecule has 0 aliphatic heterocycles. The van der Waals surface area contributed by atoms with Crippen molar-refractivity contribution in [1.29, 1.82) is 0 Å². The number of nitrogens with zero attached hydrogens (tertiary/aromatic N) is 1. The predicted octanol–water partition coefficient (Wildman–Crippen LogP) is 3.95. The summed E-state index contributed by atoms with van der Waals surface area (Å²) in [7, 11) is 0. The van der Waals surface area contributed by atoms with Crippen LogP contribution in [-0.2, 0) is 4.79 Å². The molecule has 0 heterocycles. The molecule has 0 aromatic heterocycles. The Bertz CT molecular complexity index is 513. The number of halogens is 2. The molecule has 4 nitrogen and oxygen atoms in total. The summed E-state index contributed by atoms with van der Waals surface area (Å²) in [5.41, 5.74) is 4.57. The molecule has 0 radical (unpaired) electrons. The fourth-order valence-corrected chi connectivity index (χ4v) is 3.63. The van der Waals surface area contributed by atoms with Gasteiger partial charge in [-0.3, -0.25) is 4.79 Å². The number of carbonyl (C=O) groups is 1. The first-order chi connectivity index (χ1) is 9.56. The number of hydrogen-bond acceptors (Lipinski definition) is 3. The van der Waals surface area contributed by atoms with Gasteiger partial charge in [0.05, 0.1) is 4.47 Å². The lowest BCUT2D eigenvalue weighted by atomic mass is 10.2. The summed E-state index contributed by atoms with van der Waals surface area (Å²) in [5.74, 6) is 0.440. The number of rotatable bonds is 4. The van der Waals surface area contributed by atoms with Gasteiger partial charge in [0.2, 0.25) is 0 Å². The summed E-state index contributed by atoms with van der Waals surface area (Å²) in [6, 6.07) is 3.83. The Hall–Kier alpha value is -0.880. The number of amides is 1. The van der Waals surface area contributed by atoms with Crippen LogP contribution in [0.25, 0.3) is 0 Å². The molecule has 1 aromatic carbocycles. The summed E-state index contributed by atoms with van der Waals surface area (Å²) >= 11 is 6.83. The van der Waals surface area contributed by atoms with E-state index in [1.165, 1.54) is 0 Å². The minimum Gasteiger partial charge on any atom is -0.482 e. The maximum Gasteiger partial charge on any atom is 0.277 e. The molecule has 0 atom stereocenters. The van der Waals surface area contributed by atoms with Crippen LogP contribution in [0.3, 0.4) is 0 Å². The lowest BCUT2D eigenvalue weighted by Gasteiger charge is -2.11. The average Bonchev–Trinajstić information content (AvgIpc) is 2.88. The van der Waals surface area contributed by atoms with E-state index in [1.807, 2.05) is 19.1 Å². The number of hydrogen-bond donors (Lipinski definition) is 1. The van der Waals surface area contributed by atoms with Crippen molar-refractivity contribution in [2.75, 3.05) is 6.61 Å². The Labute approximate surface area is 135 Å². The van der Waals surface area contributed by atoms with Crippen LogP contribution < -0.4 is 10.2 Å². The minimum absolute atomic E-state index is 0.0438. The SMILES string of the molecule is Cc1cc(Br)cc(Br)c1OCC(=O)NN=C1CCCC1. The van der Waals surface area contributed by atoms with Crippen molar-refractivity contribution in [3.8, 4) is 5.75 Å². The molecule has 0 bridgehead atoms. The molecule has 2 rings (SSSR count). The van der Waals surface area contributed by atoms with Gasteiger partial charge in [0, 0.05) is 10.2 Å². The third kappa shape index (κ3) is 4.31. The van der Waals surface area contributed by atoms with Crippen molar-refractivity contribution in [2.24, 2.45) is 5.10 Å². The number of aryl methyl sites for hydroxylation is 1. The molecule has 1 saturated carbocycles. The topological polar surface area (TPSA) is 50.7 Å². The van der Waals surface area contributed by atoms with Crippen molar-refractivity contribution in [2.45, 2.75) is 32.6 Å². The molecule has 20 heavy (non-hydrogen) atoms.